The molecule has 6 heteroatoms. The highest BCUT2D eigenvalue weighted by atomic mass is 16.5. The van der Waals surface area contributed by atoms with Gasteiger partial charge in [-0.2, -0.15) is 0 Å². The van der Waals surface area contributed by atoms with Crippen LogP contribution in [0.5, 0.6) is 5.75 Å². The van der Waals surface area contributed by atoms with Crippen LogP contribution in [-0.2, 0) is 4.79 Å². The summed E-state index contributed by atoms with van der Waals surface area (Å²) >= 11 is 0. The Morgan fingerprint density at radius 3 is 2.92 bits per heavy atom. The number of carbonyl (C=O) groups excluding carboxylic acids is 1. The summed E-state index contributed by atoms with van der Waals surface area (Å²) in [6.07, 6.45) is 3.16. The second-order valence-corrected chi connectivity index (χ2v) is 5.90. The van der Waals surface area contributed by atoms with Crippen molar-refractivity contribution in [3.63, 3.8) is 0 Å². The molecule has 24 heavy (non-hydrogen) atoms. The predicted octanol–water partition coefficient (Wildman–Crippen LogP) is 2.11. The van der Waals surface area contributed by atoms with Crippen LogP contribution in [0.25, 0.3) is 0 Å². The Labute approximate surface area is 144 Å². The first-order valence-electron chi connectivity index (χ1n) is 8.61. The third-order valence-electron chi connectivity index (χ3n) is 4.07. The lowest BCUT2D eigenvalue weighted by Gasteiger charge is -2.29. The number of hydrogen-bond acceptors (Lipinski definition) is 3. The summed E-state index contributed by atoms with van der Waals surface area (Å²) in [6, 6.07) is 7.68. The van der Waals surface area contributed by atoms with Crippen molar-refractivity contribution in [1.82, 2.24) is 10.2 Å². The summed E-state index contributed by atoms with van der Waals surface area (Å²) < 4.78 is 5.46. The Morgan fingerprint density at radius 1 is 1.38 bits per heavy atom. The van der Waals surface area contributed by atoms with Gasteiger partial charge in [0.15, 0.2) is 12.6 Å². The largest absolute Gasteiger partial charge is 0.482 e. The number of nitrogens with zero attached hydrogens (tertiary/aromatic N) is 3. The number of para-hydroxylation sites is 2. The maximum Gasteiger partial charge on any atom is 0.265 e. The number of unbranched alkanes of at least 4 members (excludes halogenated alkanes) is 1. The van der Waals surface area contributed by atoms with Crippen molar-refractivity contribution in [1.29, 1.82) is 0 Å². The highest BCUT2D eigenvalue weighted by Gasteiger charge is 2.24. The summed E-state index contributed by atoms with van der Waals surface area (Å²) in [5, 5.41) is 3.36. The smallest absolute Gasteiger partial charge is 0.265 e. The van der Waals surface area contributed by atoms with Crippen LogP contribution in [0.3, 0.4) is 0 Å². The molecule has 1 amide bonds. The number of ether oxygens (including phenoxy) is 1. The molecule has 1 aromatic rings. The first-order chi connectivity index (χ1) is 11.7. The van der Waals surface area contributed by atoms with Gasteiger partial charge < -0.3 is 19.9 Å². The number of amides is 1. The van der Waals surface area contributed by atoms with E-state index in [4.69, 9.17) is 4.74 Å². The lowest BCUT2D eigenvalue weighted by molar-refractivity contribution is -0.121. The zero-order valence-electron chi connectivity index (χ0n) is 14.9. The van der Waals surface area contributed by atoms with E-state index >= 15 is 0 Å². The van der Waals surface area contributed by atoms with Gasteiger partial charge in [0, 0.05) is 33.7 Å². The molecule has 0 radical (unpaired) electrons. The SMILES string of the molecule is CCCCN(C)C(=NC)NCCCN1C(=O)COc2ccccc21. The summed E-state index contributed by atoms with van der Waals surface area (Å²) in [5.41, 5.74) is 0.859. The Kier molecular flexibility index (Phi) is 6.90. The molecule has 0 spiro atoms. The first-order valence-corrected chi connectivity index (χ1v) is 8.61. The van der Waals surface area contributed by atoms with Crippen LogP contribution in [0, 0.1) is 0 Å². The Morgan fingerprint density at radius 2 is 2.17 bits per heavy atom. The van der Waals surface area contributed by atoms with Gasteiger partial charge in [0.05, 0.1) is 5.69 Å². The molecule has 1 N–H and O–H groups in total. The van der Waals surface area contributed by atoms with Gasteiger partial charge in [0.2, 0.25) is 0 Å². The molecule has 0 aromatic heterocycles. The summed E-state index contributed by atoms with van der Waals surface area (Å²) in [4.78, 5) is 20.4. The molecular formula is C18H28N4O2. The Balaban J connectivity index is 1.83. The van der Waals surface area contributed by atoms with Crippen LogP contribution < -0.4 is 15.0 Å². The van der Waals surface area contributed by atoms with Crippen molar-refractivity contribution in [3.05, 3.63) is 24.3 Å². The highest BCUT2D eigenvalue weighted by molar-refractivity contribution is 5.97. The number of fused-ring (bicyclic) bond motifs is 1. The predicted molar refractivity (Wildman–Crippen MR) is 97.8 cm³/mol. The molecule has 0 fully saturated rings. The molecule has 0 atom stereocenters. The number of anilines is 1. The number of rotatable bonds is 7. The average molecular weight is 332 g/mol. The van der Waals surface area contributed by atoms with E-state index in [1.807, 2.05) is 36.2 Å². The summed E-state index contributed by atoms with van der Waals surface area (Å²) in [6.45, 7) is 4.73. The fraction of sp³-hybridized carbons (Fsp3) is 0.556. The lowest BCUT2D eigenvalue weighted by Crippen LogP contribution is -2.42. The second kappa shape index (κ2) is 9.15. The Hall–Kier alpha value is -2.24. The average Bonchev–Trinajstić information content (AvgIpc) is 2.61. The zero-order chi connectivity index (χ0) is 17.4. The van der Waals surface area contributed by atoms with Gasteiger partial charge >= 0.3 is 0 Å². The van der Waals surface area contributed by atoms with Crippen LogP contribution in [0.1, 0.15) is 26.2 Å². The molecule has 0 saturated heterocycles. The van der Waals surface area contributed by atoms with E-state index < -0.39 is 0 Å². The van der Waals surface area contributed by atoms with Crippen molar-refractivity contribution in [2.75, 3.05) is 45.2 Å². The molecule has 1 aromatic carbocycles. The van der Waals surface area contributed by atoms with Gasteiger partial charge in [-0.3, -0.25) is 9.79 Å². The number of aliphatic imine (C=N–C) groups is 1. The minimum absolute atomic E-state index is 0.0122. The third-order valence-corrected chi connectivity index (χ3v) is 4.07. The van der Waals surface area contributed by atoms with Gasteiger partial charge in [-0.1, -0.05) is 25.5 Å². The van der Waals surface area contributed by atoms with Gasteiger partial charge in [0.25, 0.3) is 5.91 Å². The topological polar surface area (TPSA) is 57.2 Å². The standard InChI is InChI=1S/C18H28N4O2/c1-4-5-12-21(3)18(19-2)20-11-8-13-22-15-9-6-7-10-16(15)24-14-17(22)23/h6-7,9-10H,4-5,8,11-14H2,1-3H3,(H,19,20). The summed E-state index contributed by atoms with van der Waals surface area (Å²) in [5.74, 6) is 1.69. The van der Waals surface area contributed by atoms with Crippen LogP contribution >= 0.6 is 0 Å². The molecule has 1 aliphatic heterocycles. The number of hydrogen-bond donors (Lipinski definition) is 1. The maximum absolute atomic E-state index is 12.1. The van der Waals surface area contributed by atoms with Gasteiger partial charge in [-0.25, -0.2) is 0 Å². The first kappa shape index (κ1) is 18.1. The van der Waals surface area contributed by atoms with Crippen molar-refractivity contribution >= 4 is 17.6 Å². The normalized spacial score (nSPS) is 14.2. The quantitative estimate of drug-likeness (QED) is 0.472. The lowest BCUT2D eigenvalue weighted by atomic mass is 10.2. The molecule has 1 aliphatic rings. The fourth-order valence-electron chi connectivity index (χ4n) is 2.72. The van der Waals surface area contributed by atoms with Gasteiger partial charge in [-0.05, 0) is 25.0 Å². The minimum atomic E-state index is 0.0122. The molecule has 0 unspecified atom stereocenters. The maximum atomic E-state index is 12.1. The number of benzene rings is 1. The minimum Gasteiger partial charge on any atom is -0.482 e. The van der Waals surface area contributed by atoms with E-state index in [2.05, 4.69) is 22.1 Å². The van der Waals surface area contributed by atoms with E-state index in [9.17, 15) is 4.79 Å². The third kappa shape index (κ3) is 4.63. The van der Waals surface area contributed by atoms with Gasteiger partial charge in [0.1, 0.15) is 5.75 Å². The second-order valence-electron chi connectivity index (χ2n) is 5.90. The van der Waals surface area contributed by atoms with Crippen molar-refractivity contribution in [3.8, 4) is 5.75 Å². The van der Waals surface area contributed by atoms with E-state index in [0.717, 1.165) is 43.3 Å². The van der Waals surface area contributed by atoms with Crippen LogP contribution in [-0.4, -0.2) is 57.1 Å². The van der Waals surface area contributed by atoms with Gasteiger partial charge in [-0.15, -0.1) is 0 Å². The zero-order valence-corrected chi connectivity index (χ0v) is 14.9. The Bertz CT molecular complexity index is 574. The molecule has 0 bridgehead atoms. The monoisotopic (exact) mass is 332 g/mol. The molecule has 6 nitrogen and oxygen atoms in total. The van der Waals surface area contributed by atoms with E-state index in [1.54, 1.807) is 7.05 Å². The van der Waals surface area contributed by atoms with Crippen LogP contribution in [0.15, 0.2) is 29.3 Å². The van der Waals surface area contributed by atoms with E-state index in [0.29, 0.717) is 6.54 Å². The molecular weight excluding hydrogens is 304 g/mol. The summed E-state index contributed by atoms with van der Waals surface area (Å²) in [7, 11) is 3.85. The number of nitrogens with one attached hydrogen (secondary N) is 1. The van der Waals surface area contributed by atoms with Crippen molar-refractivity contribution in [2.45, 2.75) is 26.2 Å². The molecule has 2 rings (SSSR count). The van der Waals surface area contributed by atoms with Crippen molar-refractivity contribution < 1.29 is 9.53 Å². The fourth-order valence-corrected chi connectivity index (χ4v) is 2.72. The van der Waals surface area contributed by atoms with E-state index in [-0.39, 0.29) is 12.5 Å². The molecule has 0 aliphatic carbocycles. The van der Waals surface area contributed by atoms with Crippen molar-refractivity contribution in [2.24, 2.45) is 4.99 Å². The molecule has 0 saturated carbocycles. The number of guanidine groups is 1. The molecule has 132 valence electrons. The van der Waals surface area contributed by atoms with Crippen LogP contribution in [0.2, 0.25) is 0 Å². The van der Waals surface area contributed by atoms with Crippen LogP contribution in [0.4, 0.5) is 5.69 Å². The molecule has 1 heterocycles. The highest BCUT2D eigenvalue weighted by Crippen LogP contribution is 2.31. The number of carbonyl (C=O) groups is 1. The van der Waals surface area contributed by atoms with E-state index in [1.165, 1.54) is 6.42 Å².